The van der Waals surface area contributed by atoms with Crippen LogP contribution in [0, 0.1) is 5.41 Å². The Morgan fingerprint density at radius 2 is 1.89 bits per heavy atom. The van der Waals surface area contributed by atoms with E-state index in [4.69, 9.17) is 27.9 Å². The molecule has 5 nitrogen and oxygen atoms in total. The second-order valence-corrected chi connectivity index (χ2v) is 10.6. The second-order valence-electron chi connectivity index (χ2n) is 9.75. The number of carbonyl (C=O) groups is 2. The van der Waals surface area contributed by atoms with E-state index in [1.807, 2.05) is 60.4 Å². The van der Waals surface area contributed by atoms with Gasteiger partial charge < -0.3 is 14.5 Å². The molecule has 2 heterocycles. The van der Waals surface area contributed by atoms with Crippen molar-refractivity contribution in [1.29, 1.82) is 0 Å². The first kappa shape index (κ1) is 25.6. The van der Waals surface area contributed by atoms with Crippen LogP contribution in [0.3, 0.4) is 0 Å². The molecule has 4 rings (SSSR count). The lowest BCUT2D eigenvalue weighted by Gasteiger charge is -2.52. The maximum Gasteiger partial charge on any atom is 0.410 e. The molecule has 4 unspecified atom stereocenters. The fourth-order valence-corrected chi connectivity index (χ4v) is 5.87. The van der Waals surface area contributed by atoms with Gasteiger partial charge in [-0.3, -0.25) is 4.79 Å². The first-order valence-electron chi connectivity index (χ1n) is 12.1. The van der Waals surface area contributed by atoms with Gasteiger partial charge in [-0.2, -0.15) is 0 Å². The van der Waals surface area contributed by atoms with Crippen molar-refractivity contribution in [3.05, 3.63) is 82.4 Å². The number of benzene rings is 2. The van der Waals surface area contributed by atoms with E-state index in [-0.39, 0.29) is 30.0 Å². The first-order valence-corrected chi connectivity index (χ1v) is 12.9. The molecule has 7 heteroatoms. The van der Waals surface area contributed by atoms with Gasteiger partial charge in [-0.05, 0) is 54.7 Å². The standard InChI is InChI=1S/C28H32Cl2N2O3/c1-4-13-28(3)17-24(20-7-6-8-22(30)16-20)25(19-9-11-21(29)12-10-19)32(26(28)33)23(5-2)18-31-14-15-35-27(31)34/h4,6-12,16,23-25H,1,5,13-15,17-18H2,2-3H3. The summed E-state index contributed by atoms with van der Waals surface area (Å²) in [5.74, 6) is 0.0761. The van der Waals surface area contributed by atoms with Crippen molar-refractivity contribution < 1.29 is 14.3 Å². The molecule has 35 heavy (non-hydrogen) atoms. The molecule has 0 aromatic heterocycles. The number of rotatable bonds is 8. The molecule has 2 fully saturated rings. The van der Waals surface area contributed by atoms with E-state index in [9.17, 15) is 9.59 Å². The predicted octanol–water partition coefficient (Wildman–Crippen LogP) is 6.86. The third-order valence-electron chi connectivity index (χ3n) is 7.33. The van der Waals surface area contributed by atoms with Gasteiger partial charge in [-0.1, -0.05) is 67.4 Å². The van der Waals surface area contributed by atoms with Gasteiger partial charge in [-0.15, -0.1) is 6.58 Å². The van der Waals surface area contributed by atoms with Crippen LogP contribution in [0.2, 0.25) is 10.0 Å². The summed E-state index contributed by atoms with van der Waals surface area (Å²) >= 11 is 12.7. The monoisotopic (exact) mass is 514 g/mol. The Kier molecular flexibility index (Phi) is 7.77. The summed E-state index contributed by atoms with van der Waals surface area (Å²) in [5, 5.41) is 1.31. The number of carbonyl (C=O) groups excluding carboxylic acids is 2. The lowest BCUT2D eigenvalue weighted by Crippen LogP contribution is -2.57. The highest BCUT2D eigenvalue weighted by Gasteiger charge is 2.51. The van der Waals surface area contributed by atoms with Gasteiger partial charge in [-0.25, -0.2) is 4.79 Å². The van der Waals surface area contributed by atoms with E-state index in [0.717, 1.165) is 11.1 Å². The molecule has 0 spiro atoms. The van der Waals surface area contributed by atoms with Crippen molar-refractivity contribution in [1.82, 2.24) is 9.80 Å². The Morgan fingerprint density at radius 1 is 1.14 bits per heavy atom. The zero-order chi connectivity index (χ0) is 25.2. The fraction of sp³-hybridized carbons (Fsp3) is 0.429. The van der Waals surface area contributed by atoms with Crippen LogP contribution in [-0.4, -0.2) is 47.5 Å². The highest BCUT2D eigenvalue weighted by atomic mass is 35.5. The number of cyclic esters (lactones) is 1. The van der Waals surface area contributed by atoms with Crippen LogP contribution < -0.4 is 0 Å². The van der Waals surface area contributed by atoms with E-state index in [2.05, 4.69) is 19.6 Å². The number of piperidine rings is 1. The summed E-state index contributed by atoms with van der Waals surface area (Å²) in [6.45, 7) is 9.37. The smallest absolute Gasteiger partial charge is 0.410 e. The van der Waals surface area contributed by atoms with Crippen LogP contribution in [0.5, 0.6) is 0 Å². The maximum atomic E-state index is 14.3. The topological polar surface area (TPSA) is 49.9 Å². The number of allylic oxidation sites excluding steroid dienone is 1. The van der Waals surface area contributed by atoms with Crippen LogP contribution in [0.4, 0.5) is 4.79 Å². The number of amides is 2. The van der Waals surface area contributed by atoms with Crippen molar-refractivity contribution in [3.63, 3.8) is 0 Å². The summed E-state index contributed by atoms with van der Waals surface area (Å²) < 4.78 is 5.17. The van der Waals surface area contributed by atoms with Crippen LogP contribution in [-0.2, 0) is 9.53 Å². The van der Waals surface area contributed by atoms with Crippen LogP contribution >= 0.6 is 23.2 Å². The molecule has 2 aliphatic heterocycles. The van der Waals surface area contributed by atoms with Crippen molar-refractivity contribution in [2.45, 2.75) is 51.1 Å². The number of nitrogens with zero attached hydrogens (tertiary/aromatic N) is 2. The largest absolute Gasteiger partial charge is 0.448 e. The van der Waals surface area contributed by atoms with Crippen molar-refractivity contribution in [2.75, 3.05) is 19.7 Å². The molecule has 2 saturated heterocycles. The van der Waals surface area contributed by atoms with Gasteiger partial charge in [0.05, 0.1) is 18.0 Å². The van der Waals surface area contributed by atoms with E-state index in [0.29, 0.717) is 49.0 Å². The van der Waals surface area contributed by atoms with Crippen LogP contribution in [0.1, 0.15) is 56.2 Å². The molecule has 2 aliphatic rings. The minimum absolute atomic E-state index is 0.00268. The lowest BCUT2D eigenvalue weighted by molar-refractivity contribution is -0.155. The quantitative estimate of drug-likeness (QED) is 0.361. The summed E-state index contributed by atoms with van der Waals surface area (Å²) in [6.07, 6.45) is 3.42. The van der Waals surface area contributed by atoms with Crippen molar-refractivity contribution in [3.8, 4) is 0 Å². The van der Waals surface area contributed by atoms with Gasteiger partial charge in [0.1, 0.15) is 6.61 Å². The Labute approximate surface area is 217 Å². The zero-order valence-corrected chi connectivity index (χ0v) is 21.8. The number of ether oxygens (including phenoxy) is 1. The Balaban J connectivity index is 1.86. The molecule has 186 valence electrons. The molecule has 2 aromatic carbocycles. The third kappa shape index (κ3) is 5.22. The molecule has 2 aromatic rings. The van der Waals surface area contributed by atoms with E-state index in [1.54, 1.807) is 4.90 Å². The molecule has 4 atom stereocenters. The van der Waals surface area contributed by atoms with Gasteiger partial charge >= 0.3 is 6.09 Å². The molecule has 0 radical (unpaired) electrons. The number of hydrogen-bond donors (Lipinski definition) is 0. The van der Waals surface area contributed by atoms with Crippen LogP contribution in [0.15, 0.2) is 61.2 Å². The first-order chi connectivity index (χ1) is 16.8. The second kappa shape index (κ2) is 10.6. The van der Waals surface area contributed by atoms with Gasteiger partial charge in [0.2, 0.25) is 5.91 Å². The van der Waals surface area contributed by atoms with E-state index < -0.39 is 5.41 Å². The summed E-state index contributed by atoms with van der Waals surface area (Å²) in [6, 6.07) is 15.2. The minimum atomic E-state index is -0.628. The molecule has 0 N–H and O–H groups in total. The molecule has 0 aliphatic carbocycles. The van der Waals surface area contributed by atoms with E-state index in [1.165, 1.54) is 0 Å². The number of likely N-dealkylation sites (tertiary alicyclic amines) is 1. The molecular weight excluding hydrogens is 483 g/mol. The third-order valence-corrected chi connectivity index (χ3v) is 7.81. The lowest BCUT2D eigenvalue weighted by atomic mass is 9.67. The number of hydrogen-bond acceptors (Lipinski definition) is 3. The van der Waals surface area contributed by atoms with Crippen molar-refractivity contribution in [2.24, 2.45) is 5.41 Å². The highest BCUT2D eigenvalue weighted by molar-refractivity contribution is 6.30. The predicted molar refractivity (Wildman–Crippen MR) is 140 cm³/mol. The van der Waals surface area contributed by atoms with Crippen molar-refractivity contribution >= 4 is 35.2 Å². The molecular formula is C28H32Cl2N2O3. The van der Waals surface area contributed by atoms with Gasteiger partial charge in [0, 0.05) is 28.5 Å². The average molecular weight is 515 g/mol. The Bertz CT molecular complexity index is 1090. The summed E-state index contributed by atoms with van der Waals surface area (Å²) in [7, 11) is 0. The van der Waals surface area contributed by atoms with Gasteiger partial charge in [0.25, 0.3) is 0 Å². The SMILES string of the molecule is C=CCC1(C)CC(c2cccc(Cl)c2)C(c2ccc(Cl)cc2)N(C(CC)CN2CCOC2=O)C1=O. The summed E-state index contributed by atoms with van der Waals surface area (Å²) in [4.78, 5) is 30.3. The van der Waals surface area contributed by atoms with E-state index >= 15 is 0 Å². The molecule has 2 amide bonds. The zero-order valence-electron chi connectivity index (χ0n) is 20.3. The minimum Gasteiger partial charge on any atom is -0.448 e. The van der Waals surface area contributed by atoms with Crippen LogP contribution in [0.25, 0.3) is 0 Å². The molecule has 0 bridgehead atoms. The highest BCUT2D eigenvalue weighted by Crippen LogP contribution is 2.52. The average Bonchev–Trinajstić information content (AvgIpc) is 3.24. The van der Waals surface area contributed by atoms with Gasteiger partial charge in [0.15, 0.2) is 0 Å². The Hall–Kier alpha value is -2.50. The maximum absolute atomic E-state index is 14.3. The summed E-state index contributed by atoms with van der Waals surface area (Å²) in [5.41, 5.74) is 1.47. The molecule has 0 saturated carbocycles. The fourth-order valence-electron chi connectivity index (χ4n) is 5.55. The Morgan fingerprint density at radius 3 is 2.49 bits per heavy atom. The normalized spacial score (nSPS) is 25.5. The number of halogens is 2.